The molecule has 4 rings (SSSR count). The van der Waals surface area contributed by atoms with Crippen LogP contribution in [0, 0.1) is 5.82 Å². The van der Waals surface area contributed by atoms with Crippen LogP contribution in [-0.2, 0) is 0 Å². The van der Waals surface area contributed by atoms with Crippen LogP contribution in [0.1, 0.15) is 10.4 Å². The van der Waals surface area contributed by atoms with Gasteiger partial charge in [-0.3, -0.25) is 4.79 Å². The average Bonchev–Trinajstić information content (AvgIpc) is 3.11. The summed E-state index contributed by atoms with van der Waals surface area (Å²) in [7, 11) is 1.42. The van der Waals surface area contributed by atoms with E-state index in [0.717, 1.165) is 0 Å². The Hall–Kier alpha value is -3.09. The van der Waals surface area contributed by atoms with Crippen molar-refractivity contribution in [1.29, 1.82) is 0 Å². The standard InChI is InChI=1S/C21H13Cl2FN2O3/c1-28-19-15(8-12(22)9-16(19)23)20(27)25-14-6-7-18-17(10-14)26-21(29-18)11-2-4-13(24)5-3-11/h2-10H,1H3,(H,25,27). The predicted octanol–water partition coefficient (Wildman–Crippen LogP) is 6.20. The molecule has 0 saturated heterocycles. The first-order valence-electron chi connectivity index (χ1n) is 8.45. The van der Waals surface area contributed by atoms with Gasteiger partial charge in [-0.25, -0.2) is 9.37 Å². The van der Waals surface area contributed by atoms with E-state index in [4.69, 9.17) is 32.4 Å². The molecule has 0 aliphatic rings. The van der Waals surface area contributed by atoms with E-state index in [1.165, 1.54) is 31.4 Å². The molecule has 29 heavy (non-hydrogen) atoms. The number of hydrogen-bond acceptors (Lipinski definition) is 4. The van der Waals surface area contributed by atoms with Gasteiger partial charge in [-0.15, -0.1) is 0 Å². The molecule has 0 fully saturated rings. The minimum absolute atomic E-state index is 0.206. The van der Waals surface area contributed by atoms with Crippen molar-refractivity contribution >= 4 is 45.9 Å². The molecule has 0 saturated carbocycles. The highest BCUT2D eigenvalue weighted by Crippen LogP contribution is 2.33. The summed E-state index contributed by atoms with van der Waals surface area (Å²) in [5.74, 6) is -0.194. The molecule has 8 heteroatoms. The van der Waals surface area contributed by atoms with E-state index in [1.807, 2.05) is 0 Å². The van der Waals surface area contributed by atoms with Crippen LogP contribution in [0.5, 0.6) is 5.75 Å². The second-order valence-electron chi connectivity index (χ2n) is 6.13. The molecule has 0 radical (unpaired) electrons. The summed E-state index contributed by atoms with van der Waals surface area (Å²) in [5.41, 5.74) is 2.42. The van der Waals surface area contributed by atoms with Crippen molar-refractivity contribution in [2.75, 3.05) is 12.4 Å². The zero-order valence-electron chi connectivity index (χ0n) is 15.0. The van der Waals surface area contributed by atoms with Crippen LogP contribution in [0.15, 0.2) is 59.0 Å². The highest BCUT2D eigenvalue weighted by molar-refractivity contribution is 6.36. The van der Waals surface area contributed by atoms with Crippen LogP contribution < -0.4 is 10.1 Å². The van der Waals surface area contributed by atoms with Gasteiger partial charge in [-0.05, 0) is 54.6 Å². The van der Waals surface area contributed by atoms with Gasteiger partial charge < -0.3 is 14.5 Å². The second kappa shape index (κ2) is 7.73. The van der Waals surface area contributed by atoms with Gasteiger partial charge in [0.25, 0.3) is 5.91 Å². The Morgan fingerprint density at radius 1 is 1.10 bits per heavy atom. The Bertz CT molecular complexity index is 1220. The first-order chi connectivity index (χ1) is 13.9. The number of methoxy groups -OCH3 is 1. The van der Waals surface area contributed by atoms with Crippen molar-refractivity contribution in [3.63, 3.8) is 0 Å². The summed E-state index contributed by atoms with van der Waals surface area (Å²) in [6.45, 7) is 0. The Morgan fingerprint density at radius 3 is 2.59 bits per heavy atom. The minimum Gasteiger partial charge on any atom is -0.494 e. The maximum atomic E-state index is 13.1. The summed E-state index contributed by atoms with van der Waals surface area (Å²) in [6.07, 6.45) is 0. The number of aromatic nitrogens is 1. The second-order valence-corrected chi connectivity index (χ2v) is 6.97. The molecule has 3 aromatic carbocycles. The van der Waals surface area contributed by atoms with Gasteiger partial charge in [0, 0.05) is 16.3 Å². The summed E-state index contributed by atoms with van der Waals surface area (Å²) in [6, 6.07) is 13.8. The lowest BCUT2D eigenvalue weighted by Crippen LogP contribution is -2.13. The molecule has 0 unspecified atom stereocenters. The normalized spacial score (nSPS) is 10.9. The number of fused-ring (bicyclic) bond motifs is 1. The zero-order chi connectivity index (χ0) is 20.5. The third-order valence-electron chi connectivity index (χ3n) is 4.19. The number of hydrogen-bond donors (Lipinski definition) is 1. The highest BCUT2D eigenvalue weighted by atomic mass is 35.5. The molecule has 1 N–H and O–H groups in total. The van der Waals surface area contributed by atoms with E-state index in [9.17, 15) is 9.18 Å². The predicted molar refractivity (Wildman–Crippen MR) is 110 cm³/mol. The van der Waals surface area contributed by atoms with Crippen molar-refractivity contribution < 1.29 is 18.3 Å². The van der Waals surface area contributed by atoms with Crippen molar-refractivity contribution in [1.82, 2.24) is 4.98 Å². The third-order valence-corrected chi connectivity index (χ3v) is 4.69. The molecule has 5 nitrogen and oxygen atoms in total. The topological polar surface area (TPSA) is 64.4 Å². The fraction of sp³-hybridized carbons (Fsp3) is 0.0476. The number of nitrogens with one attached hydrogen (secondary N) is 1. The first kappa shape index (κ1) is 19.2. The number of ether oxygens (including phenoxy) is 1. The molecular weight excluding hydrogens is 418 g/mol. The van der Waals surface area contributed by atoms with Crippen LogP contribution in [0.2, 0.25) is 10.0 Å². The van der Waals surface area contributed by atoms with Gasteiger partial charge in [-0.2, -0.15) is 0 Å². The average molecular weight is 431 g/mol. The Morgan fingerprint density at radius 2 is 1.86 bits per heavy atom. The largest absolute Gasteiger partial charge is 0.494 e. The number of nitrogens with zero attached hydrogens (tertiary/aromatic N) is 1. The molecule has 4 aromatic rings. The van der Waals surface area contributed by atoms with E-state index in [-0.39, 0.29) is 22.2 Å². The lowest BCUT2D eigenvalue weighted by Gasteiger charge is -2.11. The van der Waals surface area contributed by atoms with Gasteiger partial charge in [0.05, 0.1) is 17.7 Å². The van der Waals surface area contributed by atoms with E-state index in [0.29, 0.717) is 33.3 Å². The number of amides is 1. The van der Waals surface area contributed by atoms with Crippen molar-refractivity contribution in [3.05, 3.63) is 76.0 Å². The van der Waals surface area contributed by atoms with Crippen LogP contribution in [0.25, 0.3) is 22.6 Å². The van der Waals surface area contributed by atoms with E-state index in [2.05, 4.69) is 10.3 Å². The Labute approximate surface area is 175 Å². The fourth-order valence-electron chi connectivity index (χ4n) is 2.86. The van der Waals surface area contributed by atoms with Crippen LogP contribution in [0.3, 0.4) is 0 Å². The molecule has 1 amide bonds. The van der Waals surface area contributed by atoms with Crippen molar-refractivity contribution in [2.45, 2.75) is 0 Å². The smallest absolute Gasteiger partial charge is 0.259 e. The van der Waals surface area contributed by atoms with E-state index < -0.39 is 5.91 Å². The van der Waals surface area contributed by atoms with E-state index >= 15 is 0 Å². The molecule has 0 bridgehead atoms. The maximum Gasteiger partial charge on any atom is 0.259 e. The number of halogens is 3. The minimum atomic E-state index is -0.437. The Balaban J connectivity index is 1.64. The summed E-state index contributed by atoms with van der Waals surface area (Å²) < 4.78 is 24.0. The number of rotatable bonds is 4. The molecule has 0 aliphatic carbocycles. The highest BCUT2D eigenvalue weighted by Gasteiger charge is 2.18. The summed E-state index contributed by atoms with van der Waals surface area (Å²) in [4.78, 5) is 17.1. The molecule has 0 atom stereocenters. The van der Waals surface area contributed by atoms with Crippen molar-refractivity contribution in [2.24, 2.45) is 0 Å². The number of carbonyl (C=O) groups is 1. The molecular formula is C21H13Cl2FN2O3. The SMILES string of the molecule is COc1c(Cl)cc(Cl)cc1C(=O)Nc1ccc2oc(-c3ccc(F)cc3)nc2c1. The number of anilines is 1. The summed E-state index contributed by atoms with van der Waals surface area (Å²) >= 11 is 12.1. The van der Waals surface area contributed by atoms with Gasteiger partial charge in [0.2, 0.25) is 5.89 Å². The van der Waals surface area contributed by atoms with E-state index in [1.54, 1.807) is 30.3 Å². The fourth-order valence-corrected chi connectivity index (χ4v) is 3.43. The van der Waals surface area contributed by atoms with Gasteiger partial charge in [-0.1, -0.05) is 23.2 Å². The first-order valence-corrected chi connectivity index (χ1v) is 9.21. The molecule has 0 aliphatic heterocycles. The maximum absolute atomic E-state index is 13.1. The molecule has 0 spiro atoms. The lowest BCUT2D eigenvalue weighted by atomic mass is 10.1. The van der Waals surface area contributed by atoms with Crippen LogP contribution >= 0.6 is 23.2 Å². The number of benzene rings is 3. The number of carbonyl (C=O) groups excluding carboxylic acids is 1. The van der Waals surface area contributed by atoms with Crippen LogP contribution in [0.4, 0.5) is 10.1 Å². The monoisotopic (exact) mass is 430 g/mol. The molecule has 1 aromatic heterocycles. The zero-order valence-corrected chi connectivity index (χ0v) is 16.5. The molecule has 1 heterocycles. The quantitative estimate of drug-likeness (QED) is 0.418. The number of oxazole rings is 1. The lowest BCUT2D eigenvalue weighted by molar-refractivity contribution is 0.102. The Kier molecular flexibility index (Phi) is 5.13. The van der Waals surface area contributed by atoms with Gasteiger partial charge in [0.15, 0.2) is 5.58 Å². The van der Waals surface area contributed by atoms with Gasteiger partial charge in [0.1, 0.15) is 17.1 Å². The molecule has 146 valence electrons. The van der Waals surface area contributed by atoms with Crippen LogP contribution in [-0.4, -0.2) is 18.0 Å². The van der Waals surface area contributed by atoms with Gasteiger partial charge >= 0.3 is 0 Å². The third kappa shape index (κ3) is 3.90. The van der Waals surface area contributed by atoms with Crippen molar-refractivity contribution in [3.8, 4) is 17.2 Å². The summed E-state index contributed by atoms with van der Waals surface area (Å²) in [5, 5.41) is 3.32.